The van der Waals surface area contributed by atoms with Crippen LogP contribution in [0, 0.1) is 0 Å². The van der Waals surface area contributed by atoms with Crippen molar-refractivity contribution < 1.29 is 19.3 Å². The lowest BCUT2D eigenvalue weighted by atomic mass is 10.3. The molecule has 0 unspecified atom stereocenters. The van der Waals surface area contributed by atoms with Crippen molar-refractivity contribution >= 4 is 0 Å². The molecule has 1 aliphatic rings. The van der Waals surface area contributed by atoms with Crippen LogP contribution in [0.15, 0.2) is 24.3 Å². The first-order chi connectivity index (χ1) is 9.28. The monoisotopic (exact) mass is 267 g/mol. The standard InChI is InChI=1S/C14H21NO4/c1-17-13-2-4-14(5-3-13)19-11-12(16)10-15-6-8-18-9-7-15/h2-5,12,16H,6-11H2,1H3/t12-/m1/s1. The molecule has 1 aliphatic heterocycles. The minimum atomic E-state index is -0.486. The summed E-state index contributed by atoms with van der Waals surface area (Å²) in [6.45, 7) is 4.15. The first-order valence-corrected chi connectivity index (χ1v) is 6.53. The van der Waals surface area contributed by atoms with Gasteiger partial charge in [-0.05, 0) is 24.3 Å². The van der Waals surface area contributed by atoms with Crippen molar-refractivity contribution in [2.75, 3.05) is 46.6 Å². The first kappa shape index (κ1) is 14.1. The number of hydrogen-bond donors (Lipinski definition) is 1. The molecule has 1 fully saturated rings. The number of morpholine rings is 1. The normalized spacial score (nSPS) is 18.0. The molecule has 1 N–H and O–H groups in total. The smallest absolute Gasteiger partial charge is 0.119 e. The molecule has 2 rings (SSSR count). The second-order valence-electron chi connectivity index (χ2n) is 4.55. The molecule has 1 aromatic carbocycles. The number of benzene rings is 1. The molecular weight excluding hydrogens is 246 g/mol. The van der Waals surface area contributed by atoms with Crippen molar-refractivity contribution in [2.45, 2.75) is 6.10 Å². The molecule has 0 spiro atoms. The van der Waals surface area contributed by atoms with Crippen molar-refractivity contribution in [3.8, 4) is 11.5 Å². The van der Waals surface area contributed by atoms with Crippen LogP contribution < -0.4 is 9.47 Å². The number of hydrogen-bond acceptors (Lipinski definition) is 5. The molecule has 0 aliphatic carbocycles. The number of nitrogens with zero attached hydrogens (tertiary/aromatic N) is 1. The molecule has 0 aromatic heterocycles. The summed E-state index contributed by atoms with van der Waals surface area (Å²) in [4.78, 5) is 2.19. The summed E-state index contributed by atoms with van der Waals surface area (Å²) in [5, 5.41) is 9.93. The van der Waals surface area contributed by atoms with E-state index in [2.05, 4.69) is 4.90 Å². The van der Waals surface area contributed by atoms with Crippen LogP contribution in [0.4, 0.5) is 0 Å². The van der Waals surface area contributed by atoms with Gasteiger partial charge in [0.25, 0.3) is 0 Å². The Morgan fingerprint density at radius 1 is 1.21 bits per heavy atom. The average Bonchev–Trinajstić information content (AvgIpc) is 2.47. The molecule has 0 radical (unpaired) electrons. The van der Waals surface area contributed by atoms with Crippen LogP contribution in [-0.4, -0.2) is 62.7 Å². The number of ether oxygens (including phenoxy) is 3. The summed E-state index contributed by atoms with van der Waals surface area (Å²) in [5.41, 5.74) is 0. The van der Waals surface area contributed by atoms with Crippen LogP contribution in [0.2, 0.25) is 0 Å². The summed E-state index contributed by atoms with van der Waals surface area (Å²) in [5.74, 6) is 1.53. The van der Waals surface area contributed by atoms with E-state index in [1.54, 1.807) is 7.11 Å². The summed E-state index contributed by atoms with van der Waals surface area (Å²) in [7, 11) is 1.63. The topological polar surface area (TPSA) is 51.2 Å². The lowest BCUT2D eigenvalue weighted by Gasteiger charge is -2.28. The van der Waals surface area contributed by atoms with Gasteiger partial charge in [-0.15, -0.1) is 0 Å². The Kier molecular flexibility index (Phi) is 5.44. The molecule has 1 heterocycles. The molecule has 5 heteroatoms. The van der Waals surface area contributed by atoms with Crippen LogP contribution in [0.1, 0.15) is 0 Å². The molecule has 106 valence electrons. The molecule has 5 nitrogen and oxygen atoms in total. The maximum atomic E-state index is 9.93. The maximum absolute atomic E-state index is 9.93. The molecule has 19 heavy (non-hydrogen) atoms. The summed E-state index contributed by atoms with van der Waals surface area (Å²) < 4.78 is 15.9. The van der Waals surface area contributed by atoms with Crippen molar-refractivity contribution in [1.82, 2.24) is 4.90 Å². The van der Waals surface area contributed by atoms with Gasteiger partial charge < -0.3 is 19.3 Å². The van der Waals surface area contributed by atoms with Gasteiger partial charge in [-0.1, -0.05) is 0 Å². The van der Waals surface area contributed by atoms with Crippen LogP contribution >= 0.6 is 0 Å². The molecule has 1 atom stereocenters. The summed E-state index contributed by atoms with van der Waals surface area (Å²) in [6.07, 6.45) is -0.486. The van der Waals surface area contributed by atoms with E-state index in [-0.39, 0.29) is 0 Å². The van der Waals surface area contributed by atoms with Gasteiger partial charge in [-0.25, -0.2) is 0 Å². The van der Waals surface area contributed by atoms with Crippen LogP contribution in [0.3, 0.4) is 0 Å². The van der Waals surface area contributed by atoms with Gasteiger partial charge in [0.05, 0.1) is 20.3 Å². The van der Waals surface area contributed by atoms with Crippen LogP contribution in [0.5, 0.6) is 11.5 Å². The van der Waals surface area contributed by atoms with E-state index in [0.29, 0.717) is 13.2 Å². The van der Waals surface area contributed by atoms with Gasteiger partial charge in [-0.2, -0.15) is 0 Å². The molecule has 0 bridgehead atoms. The highest BCUT2D eigenvalue weighted by atomic mass is 16.5. The van der Waals surface area contributed by atoms with Crippen molar-refractivity contribution in [3.63, 3.8) is 0 Å². The lowest BCUT2D eigenvalue weighted by molar-refractivity contribution is 0.00465. The van der Waals surface area contributed by atoms with E-state index < -0.39 is 6.10 Å². The minimum Gasteiger partial charge on any atom is -0.497 e. The molecular formula is C14H21NO4. The zero-order valence-electron chi connectivity index (χ0n) is 11.2. The highest BCUT2D eigenvalue weighted by Gasteiger charge is 2.15. The largest absolute Gasteiger partial charge is 0.497 e. The van der Waals surface area contributed by atoms with Gasteiger partial charge in [0, 0.05) is 19.6 Å². The fourth-order valence-corrected chi connectivity index (χ4v) is 2.00. The molecule has 0 saturated carbocycles. The second-order valence-corrected chi connectivity index (χ2v) is 4.55. The van der Waals surface area contributed by atoms with E-state index in [1.165, 1.54) is 0 Å². The minimum absolute atomic E-state index is 0.295. The number of aliphatic hydroxyl groups excluding tert-OH is 1. The Morgan fingerprint density at radius 2 is 1.84 bits per heavy atom. The summed E-state index contributed by atoms with van der Waals surface area (Å²) >= 11 is 0. The number of aliphatic hydroxyl groups is 1. The highest BCUT2D eigenvalue weighted by Crippen LogP contribution is 2.17. The maximum Gasteiger partial charge on any atom is 0.119 e. The van der Waals surface area contributed by atoms with Crippen LogP contribution in [0.25, 0.3) is 0 Å². The predicted octanol–water partition coefficient (Wildman–Crippen LogP) is 0.767. The van der Waals surface area contributed by atoms with E-state index in [1.807, 2.05) is 24.3 Å². The Balaban J connectivity index is 1.71. The molecule has 1 aromatic rings. The van der Waals surface area contributed by atoms with Crippen molar-refractivity contribution in [2.24, 2.45) is 0 Å². The van der Waals surface area contributed by atoms with Gasteiger partial charge in [0.1, 0.15) is 24.2 Å². The van der Waals surface area contributed by atoms with Gasteiger partial charge in [0.15, 0.2) is 0 Å². The van der Waals surface area contributed by atoms with Gasteiger partial charge >= 0.3 is 0 Å². The SMILES string of the molecule is COc1ccc(OC[C@H](O)CN2CCOCC2)cc1. The molecule has 0 amide bonds. The van der Waals surface area contributed by atoms with E-state index >= 15 is 0 Å². The number of rotatable bonds is 6. The third-order valence-electron chi connectivity index (χ3n) is 3.07. The molecule has 1 saturated heterocycles. The Bertz CT molecular complexity index is 362. The van der Waals surface area contributed by atoms with E-state index in [0.717, 1.165) is 37.8 Å². The average molecular weight is 267 g/mol. The first-order valence-electron chi connectivity index (χ1n) is 6.53. The van der Waals surface area contributed by atoms with Gasteiger partial charge in [0.2, 0.25) is 0 Å². The predicted molar refractivity (Wildman–Crippen MR) is 71.8 cm³/mol. The fraction of sp³-hybridized carbons (Fsp3) is 0.571. The lowest BCUT2D eigenvalue weighted by Crippen LogP contribution is -2.42. The second kappa shape index (κ2) is 7.33. The van der Waals surface area contributed by atoms with Crippen molar-refractivity contribution in [3.05, 3.63) is 24.3 Å². The zero-order valence-corrected chi connectivity index (χ0v) is 11.2. The fourth-order valence-electron chi connectivity index (χ4n) is 2.00. The third kappa shape index (κ3) is 4.70. The Labute approximate surface area is 113 Å². The quantitative estimate of drug-likeness (QED) is 0.825. The van der Waals surface area contributed by atoms with E-state index in [4.69, 9.17) is 14.2 Å². The van der Waals surface area contributed by atoms with Gasteiger partial charge in [-0.3, -0.25) is 4.90 Å². The zero-order chi connectivity index (χ0) is 13.5. The van der Waals surface area contributed by atoms with Crippen molar-refractivity contribution in [1.29, 1.82) is 0 Å². The Hall–Kier alpha value is -1.30. The Morgan fingerprint density at radius 3 is 2.47 bits per heavy atom. The third-order valence-corrected chi connectivity index (χ3v) is 3.07. The summed E-state index contributed by atoms with van der Waals surface area (Å²) in [6, 6.07) is 7.34. The highest BCUT2D eigenvalue weighted by molar-refractivity contribution is 5.31. The number of β-amino-alcohol motifs (C(OH)–C–C–N with tert-alkyl or cyclic N) is 1. The number of methoxy groups -OCH3 is 1. The van der Waals surface area contributed by atoms with Crippen LogP contribution in [-0.2, 0) is 4.74 Å². The van der Waals surface area contributed by atoms with E-state index in [9.17, 15) is 5.11 Å².